The van der Waals surface area contributed by atoms with Crippen molar-refractivity contribution in [3.8, 4) is 0 Å². The van der Waals surface area contributed by atoms with E-state index >= 15 is 0 Å². The zero-order valence-electron chi connectivity index (χ0n) is 8.34. The van der Waals surface area contributed by atoms with Crippen molar-refractivity contribution < 1.29 is 18.3 Å². The molecule has 0 N–H and O–H groups in total. The molecule has 1 aliphatic rings. The minimum Gasteiger partial charge on any atom is -0.461 e. The van der Waals surface area contributed by atoms with Gasteiger partial charge in [-0.3, -0.25) is 4.79 Å². The van der Waals surface area contributed by atoms with E-state index in [-0.39, 0.29) is 0 Å². The molecule has 88 valence electrons. The van der Waals surface area contributed by atoms with Gasteiger partial charge < -0.3 is 4.74 Å². The summed E-state index contributed by atoms with van der Waals surface area (Å²) in [7, 11) is 0. The molecule has 1 saturated carbocycles. The van der Waals surface area contributed by atoms with Gasteiger partial charge in [-0.2, -0.15) is 8.78 Å². The maximum atomic E-state index is 12.6. The number of ether oxygens (including phenoxy) is 1. The summed E-state index contributed by atoms with van der Waals surface area (Å²) in [6.07, 6.45) is 2.62. The second kappa shape index (κ2) is 5.34. The van der Waals surface area contributed by atoms with Gasteiger partial charge in [-0.05, 0) is 30.9 Å². The first-order valence-corrected chi connectivity index (χ1v) is 6.06. The summed E-state index contributed by atoms with van der Waals surface area (Å²) in [5, 5.41) is -0.393. The molecular weight excluding hydrogens is 246 g/mol. The lowest BCUT2D eigenvalue weighted by atomic mass is 9.97. The van der Waals surface area contributed by atoms with Crippen LogP contribution in [0.3, 0.4) is 0 Å². The largest absolute Gasteiger partial charge is 0.461 e. The highest BCUT2D eigenvalue weighted by Crippen LogP contribution is 2.42. The Hall–Kier alpha value is -0.0300. The van der Waals surface area contributed by atoms with Crippen LogP contribution in [0.15, 0.2) is 0 Å². The highest BCUT2D eigenvalue weighted by Gasteiger charge is 2.37. The molecule has 1 rings (SSSR count). The van der Waals surface area contributed by atoms with Crippen LogP contribution >= 0.6 is 23.4 Å². The van der Waals surface area contributed by atoms with E-state index in [1.807, 2.05) is 0 Å². The van der Waals surface area contributed by atoms with Crippen molar-refractivity contribution in [2.75, 3.05) is 0 Å². The highest BCUT2D eigenvalue weighted by molar-refractivity contribution is 8.02. The summed E-state index contributed by atoms with van der Waals surface area (Å²) in [6.45, 7) is 1.29. The van der Waals surface area contributed by atoms with Crippen molar-refractivity contribution in [2.45, 2.75) is 48.7 Å². The average molecular weight is 259 g/mol. The molecule has 0 radical (unpaired) electrons. The Bertz CT molecular complexity index is 233. The van der Waals surface area contributed by atoms with Crippen molar-refractivity contribution in [2.24, 2.45) is 0 Å². The maximum absolute atomic E-state index is 12.6. The third kappa shape index (κ3) is 5.02. The molecule has 0 heterocycles. The lowest BCUT2D eigenvalue weighted by Gasteiger charge is -2.31. The van der Waals surface area contributed by atoms with Gasteiger partial charge in [0.2, 0.25) is 0 Å². The summed E-state index contributed by atoms with van der Waals surface area (Å²) >= 11 is 5.24. The van der Waals surface area contributed by atoms with E-state index in [1.165, 1.54) is 6.92 Å². The lowest BCUT2D eigenvalue weighted by Crippen LogP contribution is -2.33. The second-order valence-corrected chi connectivity index (χ2v) is 5.59. The van der Waals surface area contributed by atoms with Crippen molar-refractivity contribution in [1.82, 2.24) is 0 Å². The molecule has 0 aromatic carbocycles. The van der Waals surface area contributed by atoms with Gasteiger partial charge in [-0.15, -0.1) is 0 Å². The molecule has 0 aromatic rings. The number of esters is 1. The van der Waals surface area contributed by atoms with Crippen molar-refractivity contribution in [3.05, 3.63) is 0 Å². The summed E-state index contributed by atoms with van der Waals surface area (Å²) < 4.78 is 26.9. The van der Waals surface area contributed by atoms with Crippen LogP contribution in [0.4, 0.5) is 8.78 Å². The zero-order chi connectivity index (χ0) is 11.5. The highest BCUT2D eigenvalue weighted by atomic mass is 35.5. The summed E-state index contributed by atoms with van der Waals surface area (Å²) in [6, 6.07) is 0. The third-order valence-electron chi connectivity index (χ3n) is 2.24. The van der Waals surface area contributed by atoms with Crippen LogP contribution in [0.1, 0.15) is 32.6 Å². The Kier molecular flexibility index (Phi) is 4.64. The van der Waals surface area contributed by atoms with Gasteiger partial charge in [0.15, 0.2) is 0 Å². The van der Waals surface area contributed by atoms with Crippen LogP contribution < -0.4 is 0 Å². The van der Waals surface area contributed by atoms with Crippen LogP contribution in [0.25, 0.3) is 0 Å². The number of alkyl halides is 3. The first kappa shape index (κ1) is 13.0. The van der Waals surface area contributed by atoms with Gasteiger partial charge in [-0.25, -0.2) is 0 Å². The molecule has 6 heteroatoms. The van der Waals surface area contributed by atoms with Crippen LogP contribution in [0.5, 0.6) is 0 Å². The Balaban J connectivity index is 2.53. The molecule has 2 nitrogen and oxygen atoms in total. The van der Waals surface area contributed by atoms with E-state index in [4.69, 9.17) is 16.3 Å². The molecular formula is C9H13ClF2O2S. The molecule has 2 atom stereocenters. The quantitative estimate of drug-likeness (QED) is 0.573. The van der Waals surface area contributed by atoms with Crippen LogP contribution in [-0.4, -0.2) is 22.0 Å². The Labute approximate surface area is 96.7 Å². The fourth-order valence-electron chi connectivity index (χ4n) is 1.72. The molecule has 0 bridgehead atoms. The van der Waals surface area contributed by atoms with E-state index in [2.05, 4.69) is 0 Å². The minimum atomic E-state index is -3.28. The fraction of sp³-hybridized carbons (Fsp3) is 0.889. The molecule has 0 aliphatic heterocycles. The summed E-state index contributed by atoms with van der Waals surface area (Å²) in [4.78, 5) is 10.8. The van der Waals surface area contributed by atoms with Gasteiger partial charge >= 0.3 is 10.7 Å². The van der Waals surface area contributed by atoms with E-state index in [9.17, 15) is 13.6 Å². The SMILES string of the molecule is CC(=O)O[C@@H]1CCCC[C@H]1SC(F)(F)Cl. The van der Waals surface area contributed by atoms with E-state index < -0.39 is 22.0 Å². The Morgan fingerprint density at radius 2 is 2.07 bits per heavy atom. The van der Waals surface area contributed by atoms with Crippen LogP contribution in [0.2, 0.25) is 0 Å². The zero-order valence-corrected chi connectivity index (χ0v) is 9.91. The number of rotatable bonds is 3. The smallest absolute Gasteiger partial charge is 0.371 e. The molecule has 1 fully saturated rings. The molecule has 0 spiro atoms. The normalized spacial score (nSPS) is 27.5. The van der Waals surface area contributed by atoms with Crippen LogP contribution in [-0.2, 0) is 9.53 Å². The van der Waals surface area contributed by atoms with Crippen LogP contribution in [0, 0.1) is 0 Å². The number of carbonyl (C=O) groups excluding carboxylic acids is 1. The van der Waals surface area contributed by atoms with Gasteiger partial charge in [0.25, 0.3) is 0 Å². The lowest BCUT2D eigenvalue weighted by molar-refractivity contribution is -0.147. The van der Waals surface area contributed by atoms with Crippen molar-refractivity contribution in [3.63, 3.8) is 0 Å². The second-order valence-electron chi connectivity index (χ2n) is 3.53. The first-order valence-electron chi connectivity index (χ1n) is 4.80. The number of hydrogen-bond acceptors (Lipinski definition) is 3. The molecule has 0 unspecified atom stereocenters. The van der Waals surface area contributed by atoms with Gasteiger partial charge in [0.1, 0.15) is 6.10 Å². The third-order valence-corrected chi connectivity index (χ3v) is 3.62. The molecule has 15 heavy (non-hydrogen) atoms. The number of halogens is 3. The topological polar surface area (TPSA) is 26.3 Å². The van der Waals surface area contributed by atoms with Gasteiger partial charge in [-0.1, -0.05) is 18.2 Å². The van der Waals surface area contributed by atoms with Crippen molar-refractivity contribution >= 4 is 29.3 Å². The minimum absolute atomic E-state index is 0.383. The molecule has 1 aliphatic carbocycles. The molecule has 0 saturated heterocycles. The predicted molar refractivity (Wildman–Crippen MR) is 56.2 cm³/mol. The standard InChI is InChI=1S/C9H13ClF2O2S/c1-6(13)14-7-4-2-3-5-8(7)15-9(10,11)12/h7-8H,2-5H2,1H3/t7-,8-/m1/s1. The monoisotopic (exact) mass is 258 g/mol. The summed E-state index contributed by atoms with van der Waals surface area (Å²) in [5.41, 5.74) is 0. The van der Waals surface area contributed by atoms with E-state index in [0.717, 1.165) is 12.8 Å². The molecule has 0 amide bonds. The number of hydrogen-bond donors (Lipinski definition) is 0. The molecule has 0 aromatic heterocycles. The van der Waals surface area contributed by atoms with Crippen molar-refractivity contribution in [1.29, 1.82) is 0 Å². The fourth-order valence-corrected chi connectivity index (χ4v) is 3.03. The number of carbonyl (C=O) groups is 1. The Morgan fingerprint density at radius 3 is 2.60 bits per heavy atom. The number of thioether (sulfide) groups is 1. The average Bonchev–Trinajstić information content (AvgIpc) is 2.05. The van der Waals surface area contributed by atoms with E-state index in [1.54, 1.807) is 0 Å². The van der Waals surface area contributed by atoms with Gasteiger partial charge in [0.05, 0.1) is 0 Å². The first-order chi connectivity index (χ1) is 6.88. The van der Waals surface area contributed by atoms with E-state index in [0.29, 0.717) is 24.6 Å². The summed E-state index contributed by atoms with van der Waals surface area (Å²) in [5.74, 6) is -0.426. The van der Waals surface area contributed by atoms with Gasteiger partial charge in [0, 0.05) is 12.2 Å². The Morgan fingerprint density at radius 1 is 1.47 bits per heavy atom. The maximum Gasteiger partial charge on any atom is 0.371 e. The predicted octanol–water partition coefficient (Wildman–Crippen LogP) is 3.38.